The Balaban J connectivity index is 1.25. The molecule has 2 heterocycles. The van der Waals surface area contributed by atoms with Crippen molar-refractivity contribution in [1.82, 2.24) is 25.3 Å². The average Bonchev–Trinajstić information content (AvgIpc) is 3.41. The van der Waals surface area contributed by atoms with Gasteiger partial charge in [0.25, 0.3) is 0 Å². The van der Waals surface area contributed by atoms with Crippen molar-refractivity contribution in [2.45, 2.75) is 30.7 Å². The van der Waals surface area contributed by atoms with E-state index in [1.807, 2.05) is 55.5 Å². The summed E-state index contributed by atoms with van der Waals surface area (Å²) in [4.78, 5) is 20.9. The average molecular weight is 499 g/mol. The van der Waals surface area contributed by atoms with Gasteiger partial charge in [0, 0.05) is 28.6 Å². The zero-order valence-corrected chi connectivity index (χ0v) is 19.0. The van der Waals surface area contributed by atoms with Crippen molar-refractivity contribution >= 4 is 39.3 Å². The Labute approximate surface area is 191 Å². The highest BCUT2D eigenvalue weighted by Crippen LogP contribution is 2.22. The highest BCUT2D eigenvalue weighted by Gasteiger charge is 2.12. The molecule has 0 aliphatic rings. The number of aromatic amines is 1. The zero-order chi connectivity index (χ0) is 21.6. The highest BCUT2D eigenvalue weighted by atomic mass is 79.9. The van der Waals surface area contributed by atoms with Gasteiger partial charge >= 0.3 is 0 Å². The lowest BCUT2D eigenvalue weighted by molar-refractivity contribution is -0.116. The Morgan fingerprint density at radius 3 is 2.84 bits per heavy atom. The second kappa shape index (κ2) is 9.88. The van der Waals surface area contributed by atoms with Crippen LogP contribution < -0.4 is 5.32 Å². The monoisotopic (exact) mass is 498 g/mol. The Morgan fingerprint density at radius 1 is 1.19 bits per heavy atom. The molecule has 1 amide bonds. The van der Waals surface area contributed by atoms with Crippen LogP contribution in [0.1, 0.15) is 23.7 Å². The molecule has 31 heavy (non-hydrogen) atoms. The number of carbonyl (C=O) groups excluding carboxylic acids is 1. The number of aryl methyl sites for hydroxylation is 2. The van der Waals surface area contributed by atoms with Crippen LogP contribution in [0, 0.1) is 6.92 Å². The first-order chi connectivity index (χ1) is 15.0. The van der Waals surface area contributed by atoms with Crippen LogP contribution in [0.3, 0.4) is 0 Å². The van der Waals surface area contributed by atoms with Gasteiger partial charge in [0.1, 0.15) is 0 Å². The summed E-state index contributed by atoms with van der Waals surface area (Å²) < 4.78 is 6.15. The number of hydrogen-bond donors (Lipinski definition) is 2. The van der Waals surface area contributed by atoms with Crippen LogP contribution in [-0.2, 0) is 17.0 Å². The number of nitrogens with one attached hydrogen (secondary N) is 2. The van der Waals surface area contributed by atoms with Crippen LogP contribution in [-0.4, -0.2) is 31.2 Å². The Hall–Kier alpha value is -2.98. The molecule has 0 radical (unpaired) electrons. The van der Waals surface area contributed by atoms with Crippen molar-refractivity contribution in [3.8, 4) is 11.4 Å². The summed E-state index contributed by atoms with van der Waals surface area (Å²) in [7, 11) is 0. The molecule has 0 saturated carbocycles. The largest absolute Gasteiger partial charge is 0.339 e. The molecule has 0 aliphatic carbocycles. The van der Waals surface area contributed by atoms with Gasteiger partial charge in [-0.15, -0.1) is 5.10 Å². The second-order valence-electron chi connectivity index (χ2n) is 6.78. The number of hydrogen-bond acceptors (Lipinski definition) is 7. The fourth-order valence-electron chi connectivity index (χ4n) is 2.74. The topological polar surface area (TPSA) is 110 Å². The maximum Gasteiger partial charge on any atom is 0.227 e. The van der Waals surface area contributed by atoms with Crippen LogP contribution >= 0.6 is 27.7 Å². The summed E-state index contributed by atoms with van der Waals surface area (Å²) in [6.07, 6.45) is 0.623. The lowest BCUT2D eigenvalue weighted by Gasteiger charge is -2.04. The number of aromatic nitrogens is 5. The number of halogens is 1. The molecule has 8 nitrogen and oxygen atoms in total. The molecule has 0 saturated heterocycles. The number of thioether (sulfide) groups is 1. The van der Waals surface area contributed by atoms with E-state index in [1.165, 1.54) is 17.3 Å². The molecule has 4 rings (SSSR count). The van der Waals surface area contributed by atoms with Crippen LogP contribution in [0.2, 0.25) is 0 Å². The van der Waals surface area contributed by atoms with Gasteiger partial charge in [-0.2, -0.15) is 4.98 Å². The van der Waals surface area contributed by atoms with Gasteiger partial charge in [-0.25, -0.2) is 4.98 Å². The normalized spacial score (nSPS) is 10.9. The van der Waals surface area contributed by atoms with Gasteiger partial charge in [-0.1, -0.05) is 68.7 Å². The summed E-state index contributed by atoms with van der Waals surface area (Å²) >= 11 is 4.79. The first-order valence-electron chi connectivity index (χ1n) is 9.54. The lowest BCUT2D eigenvalue weighted by atomic mass is 10.1. The van der Waals surface area contributed by atoms with E-state index in [1.54, 1.807) is 0 Å². The Kier molecular flexibility index (Phi) is 6.78. The maximum atomic E-state index is 12.1. The smallest absolute Gasteiger partial charge is 0.227 e. The van der Waals surface area contributed by atoms with Crippen molar-refractivity contribution in [2.75, 3.05) is 5.32 Å². The maximum absolute atomic E-state index is 12.1. The predicted molar refractivity (Wildman–Crippen MR) is 122 cm³/mol. The molecule has 10 heteroatoms. The number of H-pyrrole nitrogens is 1. The molecular weight excluding hydrogens is 480 g/mol. The number of benzene rings is 2. The van der Waals surface area contributed by atoms with E-state index in [-0.39, 0.29) is 12.3 Å². The molecule has 0 aliphatic heterocycles. The fourth-order valence-corrected chi connectivity index (χ4v) is 3.78. The number of amides is 1. The van der Waals surface area contributed by atoms with Crippen LogP contribution in [0.25, 0.3) is 11.4 Å². The third kappa shape index (κ3) is 6.02. The minimum absolute atomic E-state index is 0.114. The van der Waals surface area contributed by atoms with Crippen LogP contribution in [0.15, 0.2) is 62.7 Å². The van der Waals surface area contributed by atoms with E-state index in [4.69, 9.17) is 4.52 Å². The molecule has 2 aromatic carbocycles. The summed E-state index contributed by atoms with van der Waals surface area (Å²) in [5.41, 5.74) is 2.91. The molecule has 0 fully saturated rings. The molecule has 4 aromatic rings. The predicted octanol–water partition coefficient (Wildman–Crippen LogP) is 4.79. The lowest BCUT2D eigenvalue weighted by Crippen LogP contribution is -2.12. The molecule has 158 valence electrons. The minimum atomic E-state index is -0.114. The van der Waals surface area contributed by atoms with E-state index in [2.05, 4.69) is 46.6 Å². The summed E-state index contributed by atoms with van der Waals surface area (Å²) in [6.45, 7) is 2.04. The van der Waals surface area contributed by atoms with Gasteiger partial charge < -0.3 is 9.84 Å². The van der Waals surface area contributed by atoms with Crippen LogP contribution in [0.4, 0.5) is 5.69 Å². The van der Waals surface area contributed by atoms with Crippen molar-refractivity contribution in [2.24, 2.45) is 0 Å². The van der Waals surface area contributed by atoms with Gasteiger partial charge in [0.2, 0.25) is 17.0 Å². The van der Waals surface area contributed by atoms with Crippen molar-refractivity contribution in [3.63, 3.8) is 0 Å². The third-order valence-corrected chi connectivity index (χ3v) is 5.64. The fraction of sp³-hybridized carbons (Fsp3) is 0.190. The molecular formula is C21H19BrN6O2S. The molecule has 0 bridgehead atoms. The summed E-state index contributed by atoms with van der Waals surface area (Å²) in [6, 6.07) is 15.5. The SMILES string of the molecule is Cc1ccc(-c2nc(SCc3noc(CCC(=O)Nc4cccc(Br)c4)n3)n[nH]2)cc1. The van der Waals surface area contributed by atoms with Crippen molar-refractivity contribution < 1.29 is 9.32 Å². The molecule has 0 unspecified atom stereocenters. The van der Waals surface area contributed by atoms with Crippen molar-refractivity contribution in [3.05, 3.63) is 70.3 Å². The van der Waals surface area contributed by atoms with Gasteiger partial charge in [0.15, 0.2) is 11.6 Å². The molecule has 2 N–H and O–H groups in total. The third-order valence-electron chi connectivity index (χ3n) is 4.30. The number of rotatable bonds is 8. The minimum Gasteiger partial charge on any atom is -0.339 e. The van der Waals surface area contributed by atoms with Gasteiger partial charge in [-0.05, 0) is 25.1 Å². The number of anilines is 1. The summed E-state index contributed by atoms with van der Waals surface area (Å²) in [5.74, 6) is 2.03. The molecule has 0 spiro atoms. The van der Waals surface area contributed by atoms with E-state index < -0.39 is 0 Å². The van der Waals surface area contributed by atoms with E-state index in [9.17, 15) is 4.79 Å². The second-order valence-corrected chi connectivity index (χ2v) is 8.64. The molecule has 0 atom stereocenters. The Bertz CT molecular complexity index is 1170. The quantitative estimate of drug-likeness (QED) is 0.336. The highest BCUT2D eigenvalue weighted by molar-refractivity contribution is 9.10. The molecule has 2 aromatic heterocycles. The van der Waals surface area contributed by atoms with E-state index >= 15 is 0 Å². The summed E-state index contributed by atoms with van der Waals surface area (Å²) in [5, 5.41) is 14.6. The van der Waals surface area contributed by atoms with Gasteiger partial charge in [-0.3, -0.25) is 9.89 Å². The van der Waals surface area contributed by atoms with E-state index in [0.29, 0.717) is 34.9 Å². The Morgan fingerprint density at radius 2 is 2.03 bits per heavy atom. The number of nitrogens with zero attached hydrogens (tertiary/aromatic N) is 4. The number of carbonyl (C=O) groups is 1. The van der Waals surface area contributed by atoms with Gasteiger partial charge in [0.05, 0.1) is 5.75 Å². The zero-order valence-electron chi connectivity index (χ0n) is 16.6. The first kappa shape index (κ1) is 21.3. The standard InChI is InChI=1S/C21H19BrN6O2S/c1-13-5-7-14(8-6-13)20-25-21(27-26-20)31-12-17-24-19(30-28-17)10-9-18(29)23-16-4-2-3-15(22)11-16/h2-8,11H,9-10,12H2,1H3,(H,23,29)(H,25,26,27). The van der Waals surface area contributed by atoms with E-state index in [0.717, 1.165) is 15.7 Å². The van der Waals surface area contributed by atoms with Crippen molar-refractivity contribution in [1.29, 1.82) is 0 Å². The van der Waals surface area contributed by atoms with Crippen LogP contribution in [0.5, 0.6) is 0 Å². The first-order valence-corrected chi connectivity index (χ1v) is 11.3.